The van der Waals surface area contributed by atoms with E-state index in [2.05, 4.69) is 10.4 Å². The molecule has 1 N–H and O–H groups in total. The average molecular weight is 514 g/mol. The molecule has 0 spiro atoms. The molecular weight excluding hydrogens is 494 g/mol. The number of nitrogens with zero attached hydrogens (tertiary/aromatic N) is 4. The molecule has 0 aliphatic heterocycles. The Labute approximate surface area is 216 Å². The number of pyridine rings is 1. The predicted molar refractivity (Wildman–Crippen MR) is 141 cm³/mol. The first-order chi connectivity index (χ1) is 17.9. The Morgan fingerprint density at radius 1 is 1.08 bits per heavy atom. The molecule has 0 atom stereocenters. The van der Waals surface area contributed by atoms with Crippen molar-refractivity contribution < 1.29 is 14.5 Å². The minimum Gasteiger partial charge on any atom is -0.457 e. The quantitative estimate of drug-likeness (QED) is 0.191. The second-order valence-electron chi connectivity index (χ2n) is 8.14. The molecule has 0 aliphatic rings. The van der Waals surface area contributed by atoms with E-state index in [1.165, 1.54) is 18.2 Å². The van der Waals surface area contributed by atoms with Crippen LogP contribution in [0.5, 0.6) is 11.5 Å². The summed E-state index contributed by atoms with van der Waals surface area (Å²) in [4.78, 5) is 29.2. The van der Waals surface area contributed by atoms with Gasteiger partial charge in [-0.25, -0.2) is 4.98 Å². The molecule has 184 valence electrons. The van der Waals surface area contributed by atoms with E-state index in [9.17, 15) is 14.9 Å². The van der Waals surface area contributed by atoms with Crippen molar-refractivity contribution in [3.05, 3.63) is 106 Å². The molecule has 2 aromatic heterocycles. The van der Waals surface area contributed by atoms with Gasteiger partial charge in [-0.3, -0.25) is 19.6 Å². The maximum atomic E-state index is 13.5. The number of non-ortho nitro benzene ring substituents is 1. The molecule has 1 amide bonds. The number of fused-ring (bicyclic) bond motifs is 1. The van der Waals surface area contributed by atoms with Crippen molar-refractivity contribution in [3.8, 4) is 22.8 Å². The van der Waals surface area contributed by atoms with Crippen LogP contribution in [0.4, 0.5) is 11.4 Å². The number of aryl methyl sites for hydroxylation is 1. The summed E-state index contributed by atoms with van der Waals surface area (Å²) in [7, 11) is 0. The summed E-state index contributed by atoms with van der Waals surface area (Å²) in [6.07, 6.45) is 3.56. The minimum absolute atomic E-state index is 0.194. The number of aromatic nitrogens is 3. The summed E-state index contributed by atoms with van der Waals surface area (Å²) in [5.41, 5.74) is 2.36. The summed E-state index contributed by atoms with van der Waals surface area (Å²) < 4.78 is 7.55. The van der Waals surface area contributed by atoms with Crippen molar-refractivity contribution in [2.75, 3.05) is 5.32 Å². The Morgan fingerprint density at radius 3 is 2.59 bits per heavy atom. The van der Waals surface area contributed by atoms with E-state index in [4.69, 9.17) is 21.3 Å². The summed E-state index contributed by atoms with van der Waals surface area (Å²) in [5.74, 6) is 0.194. The Hall–Kier alpha value is -4.76. The van der Waals surface area contributed by atoms with Gasteiger partial charge in [0.1, 0.15) is 11.5 Å². The molecule has 0 saturated carbocycles. The SMILES string of the molecule is CCn1cc(-c2cc(C(=O)Nc3cc(Oc4ccc(Cl)cc4)cc([N+](=O)[O-])c3)c3ccccc3n2)cn1. The van der Waals surface area contributed by atoms with E-state index >= 15 is 0 Å². The average Bonchev–Trinajstić information content (AvgIpc) is 3.39. The molecule has 5 aromatic rings. The van der Waals surface area contributed by atoms with Gasteiger partial charge in [-0.1, -0.05) is 29.8 Å². The van der Waals surface area contributed by atoms with Gasteiger partial charge >= 0.3 is 0 Å². The minimum atomic E-state index is -0.546. The number of hydrogen-bond donors (Lipinski definition) is 1. The van der Waals surface area contributed by atoms with Gasteiger partial charge in [-0.05, 0) is 43.3 Å². The van der Waals surface area contributed by atoms with Gasteiger partial charge < -0.3 is 10.1 Å². The van der Waals surface area contributed by atoms with Crippen LogP contribution in [-0.4, -0.2) is 25.6 Å². The number of benzene rings is 3. The van der Waals surface area contributed by atoms with Crippen molar-refractivity contribution >= 4 is 39.8 Å². The molecule has 5 rings (SSSR count). The van der Waals surface area contributed by atoms with Crippen molar-refractivity contribution in [2.45, 2.75) is 13.5 Å². The number of rotatable bonds is 7. The molecule has 9 nitrogen and oxygen atoms in total. The largest absolute Gasteiger partial charge is 0.457 e. The highest BCUT2D eigenvalue weighted by atomic mass is 35.5. The number of ether oxygens (including phenoxy) is 1. The van der Waals surface area contributed by atoms with Crippen LogP contribution in [0, 0.1) is 10.1 Å². The number of halogens is 1. The molecule has 0 radical (unpaired) electrons. The maximum absolute atomic E-state index is 13.5. The van der Waals surface area contributed by atoms with E-state index in [1.54, 1.807) is 47.3 Å². The highest BCUT2D eigenvalue weighted by Gasteiger charge is 2.18. The number of nitro benzene ring substituents is 1. The monoisotopic (exact) mass is 513 g/mol. The van der Waals surface area contributed by atoms with Crippen LogP contribution in [0.25, 0.3) is 22.2 Å². The fourth-order valence-electron chi connectivity index (χ4n) is 3.84. The van der Waals surface area contributed by atoms with Crippen LogP contribution in [0.3, 0.4) is 0 Å². The zero-order valence-corrected chi connectivity index (χ0v) is 20.3. The molecule has 0 fully saturated rings. The molecule has 10 heteroatoms. The second-order valence-corrected chi connectivity index (χ2v) is 8.58. The van der Waals surface area contributed by atoms with E-state index in [0.29, 0.717) is 39.5 Å². The van der Waals surface area contributed by atoms with Gasteiger partial charge in [0.05, 0.1) is 39.6 Å². The number of carbonyl (C=O) groups is 1. The fraction of sp³-hybridized carbons (Fsp3) is 0.0741. The van der Waals surface area contributed by atoms with Crippen LogP contribution >= 0.6 is 11.6 Å². The number of para-hydroxylation sites is 1. The van der Waals surface area contributed by atoms with Crippen LogP contribution in [-0.2, 0) is 6.54 Å². The van der Waals surface area contributed by atoms with E-state index < -0.39 is 10.8 Å². The van der Waals surface area contributed by atoms with Crippen LogP contribution in [0.1, 0.15) is 17.3 Å². The Morgan fingerprint density at radius 2 is 1.86 bits per heavy atom. The molecule has 0 aliphatic carbocycles. The number of hydrogen-bond acceptors (Lipinski definition) is 6. The highest BCUT2D eigenvalue weighted by molar-refractivity contribution is 6.30. The van der Waals surface area contributed by atoms with Crippen molar-refractivity contribution in [1.82, 2.24) is 14.8 Å². The van der Waals surface area contributed by atoms with Crippen LogP contribution in [0.2, 0.25) is 5.02 Å². The standard InChI is InChI=1S/C27H20ClN5O4/c1-2-32-16-17(15-29-32)26-14-24(23-5-3-4-6-25(23)31-26)27(34)30-19-11-20(33(35)36)13-22(12-19)37-21-9-7-18(28)8-10-21/h3-16H,2H2,1H3,(H,30,34). The lowest BCUT2D eigenvalue weighted by Crippen LogP contribution is -2.13. The molecule has 3 aromatic carbocycles. The topological polar surface area (TPSA) is 112 Å². The van der Waals surface area contributed by atoms with Gasteiger partial charge in [0.2, 0.25) is 0 Å². The smallest absolute Gasteiger partial charge is 0.275 e. The Balaban J connectivity index is 1.51. The third-order valence-electron chi connectivity index (χ3n) is 5.62. The van der Waals surface area contributed by atoms with Crippen molar-refractivity contribution in [3.63, 3.8) is 0 Å². The van der Waals surface area contributed by atoms with Gasteiger partial charge in [0.25, 0.3) is 11.6 Å². The van der Waals surface area contributed by atoms with Gasteiger partial charge in [-0.2, -0.15) is 5.10 Å². The Kier molecular flexibility index (Phi) is 6.53. The lowest BCUT2D eigenvalue weighted by Gasteiger charge is -2.12. The molecule has 37 heavy (non-hydrogen) atoms. The lowest BCUT2D eigenvalue weighted by molar-refractivity contribution is -0.384. The second kappa shape index (κ2) is 10.1. The number of carbonyl (C=O) groups excluding carboxylic acids is 1. The number of nitro groups is 1. The summed E-state index contributed by atoms with van der Waals surface area (Å²) in [6, 6.07) is 19.7. The van der Waals surface area contributed by atoms with E-state index in [0.717, 1.165) is 5.56 Å². The third-order valence-corrected chi connectivity index (χ3v) is 5.88. The van der Waals surface area contributed by atoms with Crippen LogP contribution < -0.4 is 10.1 Å². The maximum Gasteiger partial charge on any atom is 0.275 e. The van der Waals surface area contributed by atoms with Crippen molar-refractivity contribution in [2.24, 2.45) is 0 Å². The third kappa shape index (κ3) is 5.26. The van der Waals surface area contributed by atoms with E-state index in [1.807, 2.05) is 31.3 Å². The summed E-state index contributed by atoms with van der Waals surface area (Å²) >= 11 is 5.92. The summed E-state index contributed by atoms with van der Waals surface area (Å²) in [5, 5.41) is 19.8. The number of nitrogens with one attached hydrogen (secondary N) is 1. The first-order valence-electron chi connectivity index (χ1n) is 11.4. The van der Waals surface area contributed by atoms with Crippen LogP contribution in [0.15, 0.2) is 85.2 Å². The molecule has 0 unspecified atom stereocenters. The number of amides is 1. The molecule has 0 bridgehead atoms. The molecule has 2 heterocycles. The first-order valence-corrected chi connectivity index (χ1v) is 11.7. The van der Waals surface area contributed by atoms with Crippen molar-refractivity contribution in [1.29, 1.82) is 0 Å². The van der Waals surface area contributed by atoms with E-state index in [-0.39, 0.29) is 17.1 Å². The zero-order valence-electron chi connectivity index (χ0n) is 19.6. The normalized spacial score (nSPS) is 10.9. The zero-order chi connectivity index (χ0) is 25.9. The lowest BCUT2D eigenvalue weighted by atomic mass is 10.0. The van der Waals surface area contributed by atoms with Gasteiger partial charge in [0.15, 0.2) is 0 Å². The summed E-state index contributed by atoms with van der Waals surface area (Å²) in [6.45, 7) is 2.68. The van der Waals surface area contributed by atoms with Gasteiger partial charge in [0, 0.05) is 40.8 Å². The predicted octanol–water partition coefficient (Wildman–Crippen LogP) is 6.72. The molecular formula is C27H20ClN5O4. The number of anilines is 1. The Bertz CT molecular complexity index is 1630. The van der Waals surface area contributed by atoms with Gasteiger partial charge in [-0.15, -0.1) is 0 Å². The fourth-order valence-corrected chi connectivity index (χ4v) is 3.96. The first kappa shape index (κ1) is 24.0. The highest BCUT2D eigenvalue weighted by Crippen LogP contribution is 2.31. The molecule has 0 saturated heterocycles.